The zero-order valence-corrected chi connectivity index (χ0v) is 14.6. The lowest BCUT2D eigenvalue weighted by molar-refractivity contribution is 0.0943. The Morgan fingerprint density at radius 2 is 1.69 bits per heavy atom. The van der Waals surface area contributed by atoms with E-state index in [1.807, 2.05) is 42.6 Å². The molecule has 5 nitrogen and oxygen atoms in total. The molecule has 26 heavy (non-hydrogen) atoms. The summed E-state index contributed by atoms with van der Waals surface area (Å²) in [6, 6.07) is 22.0. The van der Waals surface area contributed by atoms with Crippen LogP contribution in [0.4, 0.5) is 5.69 Å². The number of hydrogen-bond donors (Lipinski definition) is 1. The van der Waals surface area contributed by atoms with E-state index >= 15 is 0 Å². The highest BCUT2D eigenvalue weighted by Gasteiger charge is 2.23. The van der Waals surface area contributed by atoms with Gasteiger partial charge in [-0.3, -0.25) is 4.79 Å². The van der Waals surface area contributed by atoms with Gasteiger partial charge in [0, 0.05) is 31.5 Å². The van der Waals surface area contributed by atoms with Crippen molar-refractivity contribution < 1.29 is 4.79 Å². The lowest BCUT2D eigenvalue weighted by Gasteiger charge is -2.18. The summed E-state index contributed by atoms with van der Waals surface area (Å²) in [6.07, 6.45) is 2.91. The van der Waals surface area contributed by atoms with Gasteiger partial charge < -0.3 is 10.2 Å². The molecule has 1 N–H and O–H groups in total. The van der Waals surface area contributed by atoms with Crippen LogP contribution in [0.25, 0.3) is 5.69 Å². The number of nitrogens with one attached hydrogen (secondary N) is 1. The molecule has 4 rings (SSSR count). The van der Waals surface area contributed by atoms with Gasteiger partial charge >= 0.3 is 0 Å². The first-order chi connectivity index (χ1) is 12.8. The second-order valence-electron chi connectivity index (χ2n) is 6.63. The summed E-state index contributed by atoms with van der Waals surface area (Å²) in [7, 11) is 0. The van der Waals surface area contributed by atoms with Crippen molar-refractivity contribution in [2.24, 2.45) is 5.92 Å². The predicted molar refractivity (Wildman–Crippen MR) is 103 cm³/mol. The third kappa shape index (κ3) is 3.61. The van der Waals surface area contributed by atoms with Crippen LogP contribution in [0.2, 0.25) is 0 Å². The number of rotatable bonds is 5. The van der Waals surface area contributed by atoms with Crippen molar-refractivity contribution in [2.45, 2.75) is 6.42 Å². The van der Waals surface area contributed by atoms with Gasteiger partial charge in [0.25, 0.3) is 5.91 Å². The highest BCUT2D eigenvalue weighted by molar-refractivity contribution is 5.92. The van der Waals surface area contributed by atoms with E-state index in [1.165, 1.54) is 5.69 Å². The lowest BCUT2D eigenvalue weighted by atomic mass is 10.1. The Hall–Kier alpha value is -3.08. The lowest BCUT2D eigenvalue weighted by Crippen LogP contribution is -2.31. The van der Waals surface area contributed by atoms with Crippen LogP contribution in [0, 0.1) is 5.92 Å². The molecule has 2 heterocycles. The van der Waals surface area contributed by atoms with Crippen LogP contribution >= 0.6 is 0 Å². The standard InChI is InChI=1S/C21H22N4O/c26-21(20-12-14-25(23-20)19-9-5-2-6-10-19)22-15-17-11-13-24(16-17)18-7-3-1-4-8-18/h1-10,12,14,17H,11,13,15-16H2,(H,22,26)/t17-/m1/s1. The number of nitrogens with zero attached hydrogens (tertiary/aromatic N) is 3. The summed E-state index contributed by atoms with van der Waals surface area (Å²) in [5, 5.41) is 7.42. The molecule has 1 aromatic heterocycles. The quantitative estimate of drug-likeness (QED) is 0.772. The first kappa shape index (κ1) is 16.4. The first-order valence-corrected chi connectivity index (χ1v) is 8.99. The molecule has 1 aliphatic heterocycles. The Kier molecular flexibility index (Phi) is 4.69. The Labute approximate surface area is 153 Å². The molecular formula is C21H22N4O. The normalized spacial score (nSPS) is 16.6. The van der Waals surface area contributed by atoms with E-state index in [-0.39, 0.29) is 5.91 Å². The third-order valence-corrected chi connectivity index (χ3v) is 4.80. The van der Waals surface area contributed by atoms with Gasteiger partial charge in [0.05, 0.1) is 5.69 Å². The van der Waals surface area contributed by atoms with Crippen molar-refractivity contribution in [3.63, 3.8) is 0 Å². The van der Waals surface area contributed by atoms with Crippen LogP contribution in [0.3, 0.4) is 0 Å². The van der Waals surface area contributed by atoms with Crippen LogP contribution in [-0.2, 0) is 0 Å². The largest absolute Gasteiger partial charge is 0.371 e. The maximum absolute atomic E-state index is 12.4. The minimum Gasteiger partial charge on any atom is -0.371 e. The number of amides is 1. The van der Waals surface area contributed by atoms with Gasteiger partial charge in [-0.05, 0) is 42.7 Å². The highest BCUT2D eigenvalue weighted by atomic mass is 16.1. The third-order valence-electron chi connectivity index (χ3n) is 4.80. The minimum atomic E-state index is -0.113. The first-order valence-electron chi connectivity index (χ1n) is 8.99. The maximum Gasteiger partial charge on any atom is 0.271 e. The molecule has 1 aliphatic rings. The highest BCUT2D eigenvalue weighted by Crippen LogP contribution is 2.23. The molecular weight excluding hydrogens is 324 g/mol. The molecule has 0 radical (unpaired) electrons. The predicted octanol–water partition coefficient (Wildman–Crippen LogP) is 3.13. The van der Waals surface area contributed by atoms with Crippen LogP contribution in [0.15, 0.2) is 72.9 Å². The van der Waals surface area contributed by atoms with Gasteiger partial charge in [-0.15, -0.1) is 0 Å². The summed E-state index contributed by atoms with van der Waals surface area (Å²) >= 11 is 0. The van der Waals surface area contributed by atoms with E-state index < -0.39 is 0 Å². The van der Waals surface area contributed by atoms with Gasteiger partial charge in [-0.25, -0.2) is 4.68 Å². The Morgan fingerprint density at radius 1 is 1.00 bits per heavy atom. The van der Waals surface area contributed by atoms with Crippen molar-refractivity contribution in [1.82, 2.24) is 15.1 Å². The molecule has 0 saturated carbocycles. The van der Waals surface area contributed by atoms with E-state index in [0.29, 0.717) is 18.2 Å². The topological polar surface area (TPSA) is 50.2 Å². The minimum absolute atomic E-state index is 0.113. The average molecular weight is 346 g/mol. The van der Waals surface area contributed by atoms with E-state index in [1.54, 1.807) is 10.7 Å². The molecule has 1 fully saturated rings. The SMILES string of the molecule is O=C(NC[C@H]1CCN(c2ccccc2)C1)c1ccn(-c2ccccc2)n1. The number of anilines is 1. The van der Waals surface area contributed by atoms with Crippen LogP contribution in [0.1, 0.15) is 16.9 Å². The maximum atomic E-state index is 12.4. The molecule has 5 heteroatoms. The molecule has 1 saturated heterocycles. The van der Waals surface area contributed by atoms with E-state index in [2.05, 4.69) is 39.6 Å². The summed E-state index contributed by atoms with van der Waals surface area (Å²) in [5.74, 6) is 0.355. The fraction of sp³-hybridized carbons (Fsp3) is 0.238. The molecule has 2 aromatic carbocycles. The molecule has 132 valence electrons. The van der Waals surface area contributed by atoms with Gasteiger partial charge in [-0.2, -0.15) is 5.10 Å². The number of benzene rings is 2. The number of carbonyl (C=O) groups excluding carboxylic acids is 1. The molecule has 0 bridgehead atoms. The molecule has 0 aliphatic carbocycles. The monoisotopic (exact) mass is 346 g/mol. The number of hydrogen-bond acceptors (Lipinski definition) is 3. The van der Waals surface area contributed by atoms with E-state index in [9.17, 15) is 4.79 Å². The van der Waals surface area contributed by atoms with E-state index in [4.69, 9.17) is 0 Å². The fourth-order valence-electron chi connectivity index (χ4n) is 3.37. The van der Waals surface area contributed by atoms with E-state index in [0.717, 1.165) is 25.2 Å². The second kappa shape index (κ2) is 7.44. The summed E-state index contributed by atoms with van der Waals surface area (Å²) in [5.41, 5.74) is 2.65. The Morgan fingerprint density at radius 3 is 2.42 bits per heavy atom. The second-order valence-corrected chi connectivity index (χ2v) is 6.63. The fourth-order valence-corrected chi connectivity index (χ4v) is 3.37. The molecule has 3 aromatic rings. The summed E-state index contributed by atoms with van der Waals surface area (Å²) < 4.78 is 1.72. The van der Waals surface area contributed by atoms with Gasteiger partial charge in [-0.1, -0.05) is 36.4 Å². The van der Waals surface area contributed by atoms with Crippen LogP contribution in [-0.4, -0.2) is 35.3 Å². The molecule has 0 unspecified atom stereocenters. The summed E-state index contributed by atoms with van der Waals surface area (Å²) in [4.78, 5) is 14.8. The average Bonchev–Trinajstić information content (AvgIpc) is 3.37. The van der Waals surface area contributed by atoms with Gasteiger partial charge in [0.15, 0.2) is 5.69 Å². The number of para-hydroxylation sites is 2. The zero-order chi connectivity index (χ0) is 17.8. The van der Waals surface area contributed by atoms with Crippen molar-refractivity contribution in [2.75, 3.05) is 24.5 Å². The molecule has 0 spiro atoms. The van der Waals surface area contributed by atoms with Gasteiger partial charge in [0.2, 0.25) is 0 Å². The van der Waals surface area contributed by atoms with Crippen LogP contribution < -0.4 is 10.2 Å². The number of aromatic nitrogens is 2. The van der Waals surface area contributed by atoms with Crippen molar-refractivity contribution >= 4 is 11.6 Å². The summed E-state index contributed by atoms with van der Waals surface area (Å²) in [6.45, 7) is 2.69. The van der Waals surface area contributed by atoms with Crippen molar-refractivity contribution in [1.29, 1.82) is 0 Å². The van der Waals surface area contributed by atoms with Crippen molar-refractivity contribution in [3.05, 3.63) is 78.6 Å². The Balaban J connectivity index is 1.32. The van der Waals surface area contributed by atoms with Crippen molar-refractivity contribution in [3.8, 4) is 5.69 Å². The van der Waals surface area contributed by atoms with Crippen LogP contribution in [0.5, 0.6) is 0 Å². The molecule has 1 atom stereocenters. The van der Waals surface area contributed by atoms with Gasteiger partial charge in [0.1, 0.15) is 0 Å². The number of carbonyl (C=O) groups is 1. The Bertz CT molecular complexity index is 860. The smallest absolute Gasteiger partial charge is 0.271 e. The zero-order valence-electron chi connectivity index (χ0n) is 14.6. The molecule has 1 amide bonds.